The van der Waals surface area contributed by atoms with Crippen molar-refractivity contribution in [2.45, 2.75) is 33.2 Å². The van der Waals surface area contributed by atoms with Gasteiger partial charge in [-0.15, -0.1) is 11.3 Å². The van der Waals surface area contributed by atoms with Gasteiger partial charge in [0, 0.05) is 5.92 Å². The van der Waals surface area contributed by atoms with E-state index in [0.29, 0.717) is 35.6 Å². The number of fused-ring (bicyclic) bond motifs is 2. The zero-order valence-electron chi connectivity index (χ0n) is 12.8. The summed E-state index contributed by atoms with van der Waals surface area (Å²) in [4.78, 5) is 28.9. The van der Waals surface area contributed by atoms with Gasteiger partial charge < -0.3 is 10.1 Å². The van der Waals surface area contributed by atoms with Gasteiger partial charge in [-0.05, 0) is 38.5 Å². The average molecular weight is 320 g/mol. The Morgan fingerprint density at radius 1 is 1.41 bits per heavy atom. The van der Waals surface area contributed by atoms with Gasteiger partial charge in [-0.25, -0.2) is 9.78 Å². The number of carbonyl (C=O) groups excluding carboxylic acids is 2. The van der Waals surface area contributed by atoms with Crippen molar-refractivity contribution < 1.29 is 14.3 Å². The minimum Gasteiger partial charge on any atom is -0.462 e. The highest BCUT2D eigenvalue weighted by molar-refractivity contribution is 7.13. The first-order chi connectivity index (χ1) is 10.6. The highest BCUT2D eigenvalue weighted by Crippen LogP contribution is 2.43. The Morgan fingerprint density at radius 2 is 2.23 bits per heavy atom. The summed E-state index contributed by atoms with van der Waals surface area (Å²) < 4.78 is 5.00. The third kappa shape index (κ3) is 2.92. The number of nitrogens with zero attached hydrogens (tertiary/aromatic N) is 1. The molecule has 3 rings (SSSR count). The lowest BCUT2D eigenvalue weighted by Gasteiger charge is -2.16. The minimum absolute atomic E-state index is 0.0978. The molecule has 0 saturated heterocycles. The van der Waals surface area contributed by atoms with Crippen LogP contribution in [0, 0.1) is 24.7 Å². The monoisotopic (exact) mass is 320 g/mol. The molecule has 1 heterocycles. The molecule has 0 spiro atoms. The largest absolute Gasteiger partial charge is 0.462 e. The van der Waals surface area contributed by atoms with Crippen molar-refractivity contribution in [3.63, 3.8) is 0 Å². The molecule has 1 aromatic rings. The van der Waals surface area contributed by atoms with E-state index in [1.807, 2.05) is 0 Å². The van der Waals surface area contributed by atoms with Gasteiger partial charge in [-0.2, -0.15) is 0 Å². The third-order valence-electron chi connectivity index (χ3n) is 4.33. The van der Waals surface area contributed by atoms with Crippen LogP contribution in [-0.4, -0.2) is 23.5 Å². The number of carbonyl (C=O) groups is 2. The lowest BCUT2D eigenvalue weighted by molar-refractivity contribution is -0.125. The van der Waals surface area contributed by atoms with Crippen molar-refractivity contribution in [3.05, 3.63) is 27.7 Å². The van der Waals surface area contributed by atoms with Gasteiger partial charge in [0.1, 0.15) is 9.88 Å². The Bertz CT molecular complexity index is 623. The highest BCUT2D eigenvalue weighted by Gasteiger charge is 2.39. The van der Waals surface area contributed by atoms with Gasteiger partial charge in [0.25, 0.3) is 0 Å². The molecular weight excluding hydrogens is 300 g/mol. The molecule has 1 aromatic heterocycles. The molecule has 5 nitrogen and oxygen atoms in total. The second-order valence-electron chi connectivity index (χ2n) is 5.85. The van der Waals surface area contributed by atoms with E-state index in [9.17, 15) is 9.59 Å². The van der Waals surface area contributed by atoms with Crippen LogP contribution in [0.25, 0.3) is 0 Å². The van der Waals surface area contributed by atoms with Crippen LogP contribution in [0.5, 0.6) is 0 Å². The van der Waals surface area contributed by atoms with Crippen molar-refractivity contribution in [2.24, 2.45) is 17.8 Å². The number of nitrogens with one attached hydrogen (secondary N) is 1. The fraction of sp³-hybridized carbons (Fsp3) is 0.562. The number of hydrogen-bond acceptors (Lipinski definition) is 5. The van der Waals surface area contributed by atoms with Crippen LogP contribution >= 0.6 is 11.3 Å². The van der Waals surface area contributed by atoms with Crippen LogP contribution in [0.2, 0.25) is 0 Å². The lowest BCUT2D eigenvalue weighted by Crippen LogP contribution is -2.32. The van der Waals surface area contributed by atoms with Crippen molar-refractivity contribution in [1.29, 1.82) is 0 Å². The number of hydrogen-bond donors (Lipinski definition) is 1. The maximum absolute atomic E-state index is 12.3. The highest BCUT2D eigenvalue weighted by atomic mass is 32.1. The summed E-state index contributed by atoms with van der Waals surface area (Å²) in [5.74, 6) is 0.840. The van der Waals surface area contributed by atoms with Gasteiger partial charge in [0.05, 0.1) is 18.8 Å². The Labute approximate surface area is 133 Å². The molecule has 118 valence electrons. The lowest BCUT2D eigenvalue weighted by atomic mass is 9.93. The first kappa shape index (κ1) is 15.2. The first-order valence-corrected chi connectivity index (χ1v) is 8.49. The van der Waals surface area contributed by atoms with E-state index < -0.39 is 0 Å². The number of allylic oxidation sites excluding steroid dienone is 2. The molecule has 6 heteroatoms. The van der Waals surface area contributed by atoms with Crippen molar-refractivity contribution in [1.82, 2.24) is 10.3 Å². The molecule has 2 aliphatic carbocycles. The number of aryl methyl sites for hydroxylation is 1. The second kappa shape index (κ2) is 6.20. The van der Waals surface area contributed by atoms with E-state index in [1.54, 1.807) is 13.8 Å². The van der Waals surface area contributed by atoms with Crippen LogP contribution in [-0.2, 0) is 16.1 Å². The molecule has 3 atom stereocenters. The summed E-state index contributed by atoms with van der Waals surface area (Å²) in [5.41, 5.74) is 0.663. The maximum Gasteiger partial charge on any atom is 0.350 e. The Kier molecular flexibility index (Phi) is 4.29. The fourth-order valence-electron chi connectivity index (χ4n) is 3.29. The first-order valence-electron chi connectivity index (χ1n) is 7.68. The average Bonchev–Trinajstić information content (AvgIpc) is 3.20. The maximum atomic E-state index is 12.3. The molecule has 22 heavy (non-hydrogen) atoms. The molecule has 0 aliphatic heterocycles. The van der Waals surface area contributed by atoms with Gasteiger partial charge in [0.2, 0.25) is 5.91 Å². The minimum atomic E-state index is -0.340. The van der Waals surface area contributed by atoms with E-state index in [4.69, 9.17) is 4.74 Å². The van der Waals surface area contributed by atoms with Crippen molar-refractivity contribution in [3.8, 4) is 0 Å². The number of ether oxygens (including phenoxy) is 1. The van der Waals surface area contributed by atoms with Gasteiger partial charge in [0.15, 0.2) is 0 Å². The van der Waals surface area contributed by atoms with E-state index in [0.717, 1.165) is 17.8 Å². The molecule has 0 radical (unpaired) electrons. The van der Waals surface area contributed by atoms with Crippen molar-refractivity contribution >= 4 is 23.2 Å². The number of aromatic nitrogens is 1. The summed E-state index contributed by atoms with van der Waals surface area (Å²) in [6.07, 6.45) is 6.47. The molecule has 1 amide bonds. The SMILES string of the molecule is CCOC(=O)c1sc(CNC(=O)[C@H]2C[C@H]3C=C[C@H]2C3)nc1C. The molecule has 0 aromatic carbocycles. The number of amides is 1. The molecular formula is C16H20N2O3S. The summed E-state index contributed by atoms with van der Waals surface area (Å²) in [6.45, 7) is 4.29. The summed E-state index contributed by atoms with van der Waals surface area (Å²) in [7, 11) is 0. The van der Waals surface area contributed by atoms with E-state index in [-0.39, 0.29) is 17.8 Å². The predicted molar refractivity (Wildman–Crippen MR) is 83.5 cm³/mol. The summed E-state index contributed by atoms with van der Waals surface area (Å²) in [5, 5.41) is 3.70. The normalized spacial score (nSPS) is 25.5. The van der Waals surface area contributed by atoms with E-state index in [1.165, 1.54) is 11.3 Å². The Morgan fingerprint density at radius 3 is 2.86 bits per heavy atom. The van der Waals surface area contributed by atoms with Crippen molar-refractivity contribution in [2.75, 3.05) is 6.61 Å². The Balaban J connectivity index is 1.57. The van der Waals surface area contributed by atoms with Gasteiger partial charge >= 0.3 is 5.97 Å². The standard InChI is InChI=1S/C16H20N2O3S/c1-3-21-16(20)14-9(2)18-13(22-14)8-17-15(19)12-7-10-4-5-11(12)6-10/h4-5,10-12H,3,6-8H2,1-2H3,(H,17,19)/t10-,11-,12-/m0/s1. The van der Waals surface area contributed by atoms with Crippen LogP contribution in [0.1, 0.15) is 40.1 Å². The fourth-order valence-corrected chi connectivity index (χ4v) is 4.19. The molecule has 2 bridgehead atoms. The number of thiazole rings is 1. The third-order valence-corrected chi connectivity index (χ3v) is 5.47. The summed E-state index contributed by atoms with van der Waals surface area (Å²) >= 11 is 1.29. The number of esters is 1. The smallest absolute Gasteiger partial charge is 0.350 e. The quantitative estimate of drug-likeness (QED) is 0.668. The van der Waals surface area contributed by atoms with Gasteiger partial charge in [-0.3, -0.25) is 4.79 Å². The molecule has 1 N–H and O–H groups in total. The van der Waals surface area contributed by atoms with Gasteiger partial charge in [-0.1, -0.05) is 12.2 Å². The van der Waals surface area contributed by atoms with E-state index >= 15 is 0 Å². The summed E-state index contributed by atoms with van der Waals surface area (Å²) in [6, 6.07) is 0. The van der Waals surface area contributed by atoms with Crippen LogP contribution in [0.4, 0.5) is 0 Å². The molecule has 1 saturated carbocycles. The second-order valence-corrected chi connectivity index (χ2v) is 6.93. The van der Waals surface area contributed by atoms with Crippen LogP contribution < -0.4 is 5.32 Å². The topological polar surface area (TPSA) is 68.3 Å². The van der Waals surface area contributed by atoms with Crippen LogP contribution in [0.15, 0.2) is 12.2 Å². The Hall–Kier alpha value is -1.69. The van der Waals surface area contributed by atoms with Crippen LogP contribution in [0.3, 0.4) is 0 Å². The molecule has 0 unspecified atom stereocenters. The zero-order chi connectivity index (χ0) is 15.7. The van der Waals surface area contributed by atoms with E-state index in [2.05, 4.69) is 22.5 Å². The zero-order valence-corrected chi connectivity index (χ0v) is 13.6. The molecule has 2 aliphatic rings. The number of rotatable bonds is 5. The molecule has 1 fully saturated rings. The predicted octanol–water partition coefficient (Wildman–Crippen LogP) is 2.46.